The zero-order valence-corrected chi connectivity index (χ0v) is 17.3. The van der Waals surface area contributed by atoms with Crippen molar-refractivity contribution in [1.82, 2.24) is 10.2 Å². The van der Waals surface area contributed by atoms with Crippen molar-refractivity contribution in [2.45, 2.75) is 59.2 Å². The van der Waals surface area contributed by atoms with Gasteiger partial charge in [0.05, 0.1) is 0 Å². The number of ether oxygens (including phenoxy) is 1. The van der Waals surface area contributed by atoms with E-state index in [9.17, 15) is 4.79 Å². The van der Waals surface area contributed by atoms with E-state index in [0.717, 1.165) is 17.9 Å². The third-order valence-corrected chi connectivity index (χ3v) is 5.65. The number of nitrogens with zero attached hydrogens (tertiary/aromatic N) is 1. The molecule has 1 heterocycles. The molecule has 0 unspecified atom stereocenters. The smallest absolute Gasteiger partial charge is 0.261 e. The normalized spacial score (nSPS) is 15.4. The van der Waals surface area contributed by atoms with E-state index < -0.39 is 6.10 Å². The molecule has 2 aromatic carbocycles. The highest BCUT2D eigenvalue weighted by atomic mass is 16.5. The number of amides is 1. The van der Waals surface area contributed by atoms with Gasteiger partial charge >= 0.3 is 0 Å². The number of rotatable bonds is 8. The summed E-state index contributed by atoms with van der Waals surface area (Å²) in [6.07, 6.45) is 2.72. The summed E-state index contributed by atoms with van der Waals surface area (Å²) in [7, 11) is 0. The monoisotopic (exact) mass is 380 g/mol. The molecule has 4 nitrogen and oxygen atoms in total. The van der Waals surface area contributed by atoms with Crippen LogP contribution in [0.3, 0.4) is 0 Å². The Labute approximate surface area is 168 Å². The molecule has 0 spiro atoms. The van der Waals surface area contributed by atoms with Crippen LogP contribution in [0.4, 0.5) is 0 Å². The van der Waals surface area contributed by atoms with Crippen molar-refractivity contribution in [2.75, 3.05) is 13.1 Å². The van der Waals surface area contributed by atoms with Gasteiger partial charge in [-0.25, -0.2) is 0 Å². The summed E-state index contributed by atoms with van der Waals surface area (Å²) < 4.78 is 6.04. The maximum absolute atomic E-state index is 12.8. The van der Waals surface area contributed by atoms with Crippen LogP contribution >= 0.6 is 0 Å². The molecule has 4 heteroatoms. The Bertz CT molecular complexity index is 797. The van der Waals surface area contributed by atoms with E-state index in [1.165, 1.54) is 42.6 Å². The van der Waals surface area contributed by atoms with Gasteiger partial charge in [-0.3, -0.25) is 9.69 Å². The molecule has 0 radical (unpaired) electrons. The van der Waals surface area contributed by atoms with E-state index in [0.29, 0.717) is 13.0 Å². The third kappa shape index (κ3) is 5.14. The van der Waals surface area contributed by atoms with Crippen LogP contribution in [0.15, 0.2) is 42.5 Å². The van der Waals surface area contributed by atoms with Gasteiger partial charge in [0.1, 0.15) is 5.75 Å². The fourth-order valence-electron chi connectivity index (χ4n) is 3.69. The van der Waals surface area contributed by atoms with Gasteiger partial charge in [-0.05, 0) is 74.5 Å². The van der Waals surface area contributed by atoms with Crippen LogP contribution in [0, 0.1) is 13.8 Å². The zero-order valence-electron chi connectivity index (χ0n) is 17.3. The molecule has 1 atom stereocenters. The predicted molar refractivity (Wildman–Crippen MR) is 113 cm³/mol. The first-order valence-corrected chi connectivity index (χ1v) is 10.4. The number of likely N-dealkylation sites (tertiary alicyclic amines) is 1. The fraction of sp³-hybridized carbons (Fsp3) is 0.458. The van der Waals surface area contributed by atoms with Crippen molar-refractivity contribution in [3.8, 4) is 5.75 Å². The quantitative estimate of drug-likeness (QED) is 0.739. The maximum Gasteiger partial charge on any atom is 0.261 e. The summed E-state index contributed by atoms with van der Waals surface area (Å²) in [5.41, 5.74) is 4.74. The Morgan fingerprint density at radius 1 is 1.07 bits per heavy atom. The van der Waals surface area contributed by atoms with Crippen LogP contribution in [-0.4, -0.2) is 30.0 Å². The van der Waals surface area contributed by atoms with Gasteiger partial charge in [-0.15, -0.1) is 0 Å². The van der Waals surface area contributed by atoms with Crippen LogP contribution in [0.5, 0.6) is 5.75 Å². The van der Waals surface area contributed by atoms with Gasteiger partial charge in [-0.2, -0.15) is 0 Å². The minimum atomic E-state index is -0.480. The van der Waals surface area contributed by atoms with E-state index in [-0.39, 0.29) is 5.91 Å². The Morgan fingerprint density at radius 3 is 2.50 bits per heavy atom. The van der Waals surface area contributed by atoms with E-state index in [1.807, 2.05) is 32.0 Å². The van der Waals surface area contributed by atoms with Crippen LogP contribution in [0.1, 0.15) is 48.4 Å². The summed E-state index contributed by atoms with van der Waals surface area (Å²) in [6.45, 7) is 9.91. The average Bonchev–Trinajstić information content (AvgIpc) is 3.21. The molecule has 0 aliphatic carbocycles. The first kappa shape index (κ1) is 20.4. The lowest BCUT2D eigenvalue weighted by atomic mass is 10.1. The van der Waals surface area contributed by atoms with Crippen molar-refractivity contribution in [1.29, 1.82) is 0 Å². The number of hydrogen-bond acceptors (Lipinski definition) is 3. The Morgan fingerprint density at radius 2 is 1.79 bits per heavy atom. The number of nitrogens with one attached hydrogen (secondary N) is 1. The number of hydrogen-bond donors (Lipinski definition) is 1. The van der Waals surface area contributed by atoms with Gasteiger partial charge < -0.3 is 10.1 Å². The molecule has 1 aliphatic heterocycles. The summed E-state index contributed by atoms with van der Waals surface area (Å²) in [5.74, 6) is 0.732. The Hall–Kier alpha value is -2.33. The molecule has 0 bridgehead atoms. The van der Waals surface area contributed by atoms with Crippen LogP contribution in [0.25, 0.3) is 0 Å². The van der Waals surface area contributed by atoms with E-state index in [4.69, 9.17) is 4.74 Å². The molecule has 3 rings (SSSR count). The zero-order chi connectivity index (χ0) is 19.9. The van der Waals surface area contributed by atoms with Gasteiger partial charge in [0.25, 0.3) is 5.91 Å². The first-order valence-electron chi connectivity index (χ1n) is 10.4. The first-order chi connectivity index (χ1) is 13.6. The Balaban J connectivity index is 1.61. The van der Waals surface area contributed by atoms with Crippen LogP contribution < -0.4 is 10.1 Å². The van der Waals surface area contributed by atoms with Crippen molar-refractivity contribution < 1.29 is 9.53 Å². The second kappa shape index (κ2) is 9.74. The SMILES string of the molecule is CC[C@H](Oc1cccc(C)c1C)C(=O)NCc1ccccc1CN1CCCC1. The highest BCUT2D eigenvalue weighted by Gasteiger charge is 2.20. The summed E-state index contributed by atoms with van der Waals surface area (Å²) >= 11 is 0. The molecule has 1 fully saturated rings. The molecule has 1 aliphatic rings. The third-order valence-electron chi connectivity index (χ3n) is 5.65. The highest BCUT2D eigenvalue weighted by molar-refractivity contribution is 5.81. The molecule has 1 saturated heterocycles. The van der Waals surface area contributed by atoms with Gasteiger partial charge in [-0.1, -0.05) is 43.3 Å². The molecule has 0 saturated carbocycles. The molecule has 1 amide bonds. The topological polar surface area (TPSA) is 41.6 Å². The molecule has 150 valence electrons. The predicted octanol–water partition coefficient (Wildman–Crippen LogP) is 4.37. The number of aryl methyl sites for hydroxylation is 1. The minimum Gasteiger partial charge on any atom is -0.480 e. The van der Waals surface area contributed by atoms with Gasteiger partial charge in [0, 0.05) is 13.1 Å². The average molecular weight is 381 g/mol. The second-order valence-corrected chi connectivity index (χ2v) is 7.68. The second-order valence-electron chi connectivity index (χ2n) is 7.68. The standard InChI is InChI=1S/C24H32N2O2/c1-4-22(28-23-13-9-10-18(2)19(23)3)24(27)25-16-20-11-5-6-12-21(20)17-26-14-7-8-15-26/h5-6,9-13,22H,4,7-8,14-17H2,1-3H3,(H,25,27)/t22-/m0/s1. The summed E-state index contributed by atoms with van der Waals surface area (Å²) in [5, 5.41) is 3.09. The summed E-state index contributed by atoms with van der Waals surface area (Å²) in [6, 6.07) is 14.4. The van der Waals surface area contributed by atoms with E-state index in [2.05, 4.69) is 41.4 Å². The molecular formula is C24H32N2O2. The van der Waals surface area contributed by atoms with Crippen molar-refractivity contribution in [2.24, 2.45) is 0 Å². The lowest BCUT2D eigenvalue weighted by Crippen LogP contribution is -2.38. The minimum absolute atomic E-state index is 0.0561. The van der Waals surface area contributed by atoms with Crippen molar-refractivity contribution in [3.05, 3.63) is 64.7 Å². The number of carbonyl (C=O) groups is 1. The largest absolute Gasteiger partial charge is 0.480 e. The molecule has 28 heavy (non-hydrogen) atoms. The lowest BCUT2D eigenvalue weighted by molar-refractivity contribution is -0.128. The highest BCUT2D eigenvalue weighted by Crippen LogP contribution is 2.22. The lowest BCUT2D eigenvalue weighted by Gasteiger charge is -2.21. The summed E-state index contributed by atoms with van der Waals surface area (Å²) in [4.78, 5) is 15.2. The maximum atomic E-state index is 12.8. The van der Waals surface area contributed by atoms with E-state index in [1.54, 1.807) is 0 Å². The fourth-order valence-corrected chi connectivity index (χ4v) is 3.69. The molecule has 0 aromatic heterocycles. The number of carbonyl (C=O) groups excluding carboxylic acids is 1. The van der Waals surface area contributed by atoms with Crippen LogP contribution in [-0.2, 0) is 17.9 Å². The molecular weight excluding hydrogens is 348 g/mol. The molecule has 2 aromatic rings. The molecule has 1 N–H and O–H groups in total. The number of benzene rings is 2. The van der Waals surface area contributed by atoms with Gasteiger partial charge in [0.15, 0.2) is 6.10 Å². The van der Waals surface area contributed by atoms with Crippen molar-refractivity contribution >= 4 is 5.91 Å². The Kier molecular flexibility index (Phi) is 7.10. The van der Waals surface area contributed by atoms with Crippen molar-refractivity contribution in [3.63, 3.8) is 0 Å². The van der Waals surface area contributed by atoms with E-state index >= 15 is 0 Å². The van der Waals surface area contributed by atoms with Crippen LogP contribution in [0.2, 0.25) is 0 Å². The van der Waals surface area contributed by atoms with Gasteiger partial charge in [0.2, 0.25) is 0 Å².